The molecule has 1 aliphatic heterocycles. The number of carbonyl (C=O) groups is 1. The number of nitriles is 1. The molecule has 4 heterocycles. The second kappa shape index (κ2) is 10.1. The number of hydrogen-bond acceptors (Lipinski definition) is 9. The summed E-state index contributed by atoms with van der Waals surface area (Å²) in [7, 11) is 1.47. The van der Waals surface area contributed by atoms with Gasteiger partial charge in [0.25, 0.3) is 0 Å². The first kappa shape index (κ1) is 22.9. The summed E-state index contributed by atoms with van der Waals surface area (Å²) in [5.41, 5.74) is 8.99. The molecule has 170 valence electrons. The molecule has 3 aromatic heterocycles. The largest absolute Gasteiger partial charge is 0.192 e. The van der Waals surface area contributed by atoms with Gasteiger partial charge in [-0.1, -0.05) is 0 Å². The molecule has 4 rings (SSSR count). The van der Waals surface area contributed by atoms with E-state index in [4.69, 9.17) is 15.5 Å². The third-order valence-corrected chi connectivity index (χ3v) is 6.90. The molecule has 0 saturated carbocycles. The predicted octanol–water partition coefficient (Wildman–Crippen LogP) is 1.48. The van der Waals surface area contributed by atoms with Crippen molar-refractivity contribution in [2.45, 2.75) is 29.6 Å². The van der Waals surface area contributed by atoms with Gasteiger partial charge < -0.3 is 4.74 Å². The van der Waals surface area contributed by atoms with Crippen molar-refractivity contribution in [1.29, 1.82) is 5.26 Å². The standard InChI is InChI=1S/C22H24N8O2Se/c1-32-21-13(8-23)7-14(9-25-21)17-3-4-18-19(29-17)20(27-12-26-18)28-15-5-6-30(10-15)22(31)16(24)11-33-2/h3-4,7,9,12,15-16H,5-6,10-11,24H2,1-2H3,(H,26,27,28)/t15-,16-/m0/s1. The van der Waals surface area contributed by atoms with Crippen molar-refractivity contribution in [3.05, 3.63) is 36.3 Å². The molecular weight excluding hydrogens is 487 g/mol. The van der Waals surface area contributed by atoms with Gasteiger partial charge in [0.1, 0.15) is 11.6 Å². The molecule has 0 aliphatic carbocycles. The van der Waals surface area contributed by atoms with E-state index in [1.54, 1.807) is 12.3 Å². The fraction of sp³-hybridized carbons (Fsp3) is 0.364. The second-order valence-corrected chi connectivity index (χ2v) is 9.57. The number of anilines is 1. The summed E-state index contributed by atoms with van der Waals surface area (Å²) >= 11 is 0.364. The Morgan fingerprint density at radius 2 is 2.27 bits per heavy atom. The molecule has 0 bridgehead atoms. The number of methoxy groups -OCH3 is 1. The first-order chi connectivity index (χ1) is 16.0. The summed E-state index contributed by atoms with van der Waals surface area (Å²) in [6.45, 7) is 1.24. The molecular formula is C22H24N8O2Se. The zero-order valence-electron chi connectivity index (χ0n) is 18.4. The van der Waals surface area contributed by atoms with E-state index >= 15 is 0 Å². The molecule has 1 fully saturated rings. The molecule has 33 heavy (non-hydrogen) atoms. The number of nitrogens with zero attached hydrogens (tertiary/aromatic N) is 6. The van der Waals surface area contributed by atoms with Gasteiger partial charge >= 0.3 is 146 Å². The fourth-order valence-electron chi connectivity index (χ4n) is 3.80. The summed E-state index contributed by atoms with van der Waals surface area (Å²) in [6.07, 6.45) is 3.91. The Hall–Kier alpha value is -3.32. The molecule has 11 heteroatoms. The average molecular weight is 511 g/mol. The monoisotopic (exact) mass is 512 g/mol. The van der Waals surface area contributed by atoms with Crippen LogP contribution in [0.1, 0.15) is 12.0 Å². The molecule has 1 aliphatic rings. The van der Waals surface area contributed by atoms with Crippen molar-refractivity contribution in [2.24, 2.45) is 5.73 Å². The third-order valence-electron chi connectivity index (χ3n) is 5.45. The summed E-state index contributed by atoms with van der Waals surface area (Å²) in [4.78, 5) is 32.0. The maximum absolute atomic E-state index is 12.6. The van der Waals surface area contributed by atoms with Gasteiger partial charge in [0.05, 0.1) is 7.11 Å². The van der Waals surface area contributed by atoms with Crippen LogP contribution in [0, 0.1) is 11.3 Å². The van der Waals surface area contributed by atoms with Gasteiger partial charge in [0, 0.05) is 6.20 Å². The summed E-state index contributed by atoms with van der Waals surface area (Å²) in [5, 5.41) is 13.5. The Balaban J connectivity index is 1.57. The number of nitrogens with one attached hydrogen (secondary N) is 1. The van der Waals surface area contributed by atoms with Gasteiger partial charge in [-0.2, -0.15) is 5.26 Å². The van der Waals surface area contributed by atoms with Crippen LogP contribution in [-0.2, 0) is 4.79 Å². The molecule has 0 unspecified atom stereocenters. The predicted molar refractivity (Wildman–Crippen MR) is 125 cm³/mol. The van der Waals surface area contributed by atoms with Crippen molar-refractivity contribution in [1.82, 2.24) is 24.8 Å². The SMILES string of the molecule is COc1ncc(-c2ccc3ncnc(N[C@H]4CCN(C(=O)[C@@H](N)C[Se]C)C4)c3n2)cc1C#N. The summed E-state index contributed by atoms with van der Waals surface area (Å²) in [5.74, 6) is 2.97. The van der Waals surface area contributed by atoms with Crippen molar-refractivity contribution >= 4 is 37.7 Å². The van der Waals surface area contributed by atoms with Crippen LogP contribution >= 0.6 is 0 Å². The maximum Gasteiger partial charge on any atom is 0.115 e. The molecule has 0 aromatic carbocycles. The number of ether oxygens (including phenoxy) is 1. The Morgan fingerprint density at radius 1 is 1.42 bits per heavy atom. The minimum Gasteiger partial charge on any atom is -0.192 e. The Morgan fingerprint density at radius 3 is 3.03 bits per heavy atom. The molecule has 10 nitrogen and oxygen atoms in total. The summed E-state index contributed by atoms with van der Waals surface area (Å²) < 4.78 is 5.13. The Bertz CT molecular complexity index is 1210. The van der Waals surface area contributed by atoms with Gasteiger partial charge in [0.15, 0.2) is 0 Å². The quantitative estimate of drug-likeness (QED) is 0.451. The van der Waals surface area contributed by atoms with Gasteiger partial charge in [-0.15, -0.1) is 0 Å². The minimum atomic E-state index is -0.422. The third kappa shape index (κ3) is 4.88. The van der Waals surface area contributed by atoms with Crippen molar-refractivity contribution in [3.8, 4) is 23.2 Å². The molecule has 2 atom stereocenters. The van der Waals surface area contributed by atoms with E-state index < -0.39 is 6.04 Å². The van der Waals surface area contributed by atoms with E-state index in [-0.39, 0.29) is 17.8 Å². The minimum absolute atomic E-state index is 0.0104. The molecule has 0 radical (unpaired) electrons. The Kier molecular flexibility index (Phi) is 6.99. The van der Waals surface area contributed by atoms with Crippen LogP contribution in [-0.4, -0.2) is 78.0 Å². The van der Waals surface area contributed by atoms with Gasteiger partial charge in [-0.25, -0.2) is 4.98 Å². The first-order valence-electron chi connectivity index (χ1n) is 10.4. The zero-order chi connectivity index (χ0) is 23.4. The van der Waals surface area contributed by atoms with Crippen LogP contribution in [0.25, 0.3) is 22.3 Å². The molecule has 3 N–H and O–H groups in total. The molecule has 0 spiro atoms. The maximum atomic E-state index is 12.6. The molecule has 1 saturated heterocycles. The van der Waals surface area contributed by atoms with Gasteiger partial charge in [-0.3, -0.25) is 0 Å². The number of nitrogens with two attached hydrogens (primary N) is 1. The first-order valence-corrected chi connectivity index (χ1v) is 13.3. The number of fused-ring (bicyclic) bond motifs is 1. The van der Waals surface area contributed by atoms with E-state index in [0.717, 1.165) is 11.7 Å². The van der Waals surface area contributed by atoms with E-state index in [2.05, 4.69) is 32.2 Å². The smallest absolute Gasteiger partial charge is 0.115 e. The fourth-order valence-corrected chi connectivity index (χ4v) is 4.85. The number of rotatable bonds is 7. The van der Waals surface area contributed by atoms with Crippen LogP contribution in [0.5, 0.6) is 5.88 Å². The second-order valence-electron chi connectivity index (χ2n) is 7.66. The van der Waals surface area contributed by atoms with Crippen LogP contribution in [0.15, 0.2) is 30.7 Å². The number of amides is 1. The van der Waals surface area contributed by atoms with Gasteiger partial charge in [0.2, 0.25) is 5.88 Å². The number of likely N-dealkylation sites (tertiary alicyclic amines) is 1. The van der Waals surface area contributed by atoms with Crippen LogP contribution < -0.4 is 15.8 Å². The van der Waals surface area contributed by atoms with E-state index in [1.165, 1.54) is 13.4 Å². The van der Waals surface area contributed by atoms with Crippen molar-refractivity contribution in [3.63, 3.8) is 0 Å². The number of aromatic nitrogens is 4. The van der Waals surface area contributed by atoms with E-state index in [0.29, 0.717) is 61.7 Å². The van der Waals surface area contributed by atoms with E-state index in [1.807, 2.05) is 17.0 Å². The topological polar surface area (TPSA) is 143 Å². The van der Waals surface area contributed by atoms with Crippen LogP contribution in [0.4, 0.5) is 5.82 Å². The van der Waals surface area contributed by atoms with Crippen molar-refractivity contribution in [2.75, 3.05) is 25.5 Å². The normalized spacial score (nSPS) is 16.4. The average Bonchev–Trinajstić information content (AvgIpc) is 3.31. The molecule has 1 amide bonds. The molecule has 3 aromatic rings. The van der Waals surface area contributed by atoms with Crippen molar-refractivity contribution < 1.29 is 9.53 Å². The van der Waals surface area contributed by atoms with Crippen LogP contribution in [0.3, 0.4) is 0 Å². The zero-order valence-corrected chi connectivity index (χ0v) is 20.1. The number of carbonyl (C=O) groups excluding carboxylic acids is 1. The Labute approximate surface area is 197 Å². The van der Waals surface area contributed by atoms with Crippen LogP contribution in [0.2, 0.25) is 11.1 Å². The summed E-state index contributed by atoms with van der Waals surface area (Å²) in [6, 6.07) is 7.09. The number of pyridine rings is 2. The van der Waals surface area contributed by atoms with E-state index in [9.17, 15) is 10.1 Å². The number of hydrogen-bond donors (Lipinski definition) is 2. The van der Waals surface area contributed by atoms with Gasteiger partial charge in [-0.05, 0) is 6.07 Å².